The summed E-state index contributed by atoms with van der Waals surface area (Å²) >= 11 is 0. The lowest BCUT2D eigenvalue weighted by atomic mass is 10.0. The molecular weight excluding hydrogens is 406 g/mol. The van der Waals surface area contributed by atoms with Crippen LogP contribution in [0.4, 0.5) is 0 Å². The Labute approximate surface area is 191 Å². The second-order valence-electron chi connectivity index (χ2n) is 8.79. The highest BCUT2D eigenvalue weighted by molar-refractivity contribution is 5.31. The maximum Gasteiger partial charge on any atom is 0.126 e. The van der Waals surface area contributed by atoms with E-state index in [9.17, 15) is 10.2 Å². The van der Waals surface area contributed by atoms with Crippen molar-refractivity contribution in [1.82, 2.24) is 15.0 Å². The van der Waals surface area contributed by atoms with Crippen LogP contribution in [-0.2, 0) is 6.42 Å². The van der Waals surface area contributed by atoms with Gasteiger partial charge in [0.25, 0.3) is 0 Å². The van der Waals surface area contributed by atoms with Gasteiger partial charge >= 0.3 is 0 Å². The number of methoxy groups -OCH3 is 1. The molecule has 0 saturated heterocycles. The molecule has 1 aromatic heterocycles. The number of aliphatic hydroxyl groups is 2. The Kier molecular flexibility index (Phi) is 9.81. The largest absolute Gasteiger partial charge is 0.497 e. The van der Waals surface area contributed by atoms with Gasteiger partial charge in [-0.2, -0.15) is 0 Å². The highest BCUT2D eigenvalue weighted by atomic mass is 16.5. The molecule has 3 atom stereocenters. The lowest BCUT2D eigenvalue weighted by Gasteiger charge is -2.17. The van der Waals surface area contributed by atoms with Gasteiger partial charge in [0, 0.05) is 0 Å². The third kappa shape index (κ3) is 6.45. The Morgan fingerprint density at radius 1 is 0.875 bits per heavy atom. The van der Waals surface area contributed by atoms with Crippen molar-refractivity contribution in [3.63, 3.8) is 0 Å². The fourth-order valence-corrected chi connectivity index (χ4v) is 4.38. The number of hydrogen-bond donors (Lipinski definition) is 2. The summed E-state index contributed by atoms with van der Waals surface area (Å²) in [5.74, 6) is 1.43. The Balaban J connectivity index is 1.42. The van der Waals surface area contributed by atoms with Crippen LogP contribution in [0.5, 0.6) is 11.5 Å². The molecule has 0 unspecified atom stereocenters. The Hall–Kier alpha value is -2.12. The standard InChI is InChI=1S/C25H39N3O4/c1-3-4-5-6-7-8-9-10-11-12-13-21-23-25(30)24(29)22(28(23)27-26-21)18-32-20-16-14-19(31-2)15-17-20/h14-17,22,24-25,29-30H,3-13,18H2,1-2H3/t22-,24-,25+/m0/s1. The number of aromatic nitrogens is 3. The Morgan fingerprint density at radius 3 is 2.09 bits per heavy atom. The lowest BCUT2D eigenvalue weighted by molar-refractivity contribution is -0.000500. The number of fused-ring (bicyclic) bond motifs is 1. The maximum absolute atomic E-state index is 10.6. The summed E-state index contributed by atoms with van der Waals surface area (Å²) in [5.41, 5.74) is 1.43. The van der Waals surface area contributed by atoms with Crippen LogP contribution in [-0.4, -0.2) is 45.0 Å². The van der Waals surface area contributed by atoms with Crippen molar-refractivity contribution in [3.05, 3.63) is 35.7 Å². The Bertz CT molecular complexity index is 793. The number of benzene rings is 1. The van der Waals surface area contributed by atoms with Crippen LogP contribution in [0.25, 0.3) is 0 Å². The van der Waals surface area contributed by atoms with Gasteiger partial charge in [-0.1, -0.05) is 69.9 Å². The molecule has 0 fully saturated rings. The van der Waals surface area contributed by atoms with Gasteiger partial charge in [0.05, 0.1) is 18.5 Å². The van der Waals surface area contributed by atoms with Crippen LogP contribution in [0, 0.1) is 0 Å². The number of unbranched alkanes of at least 4 members (excludes halogenated alkanes) is 9. The number of ether oxygens (including phenoxy) is 2. The molecule has 7 heteroatoms. The topological polar surface area (TPSA) is 89.6 Å². The second kappa shape index (κ2) is 12.8. The van der Waals surface area contributed by atoms with Crippen LogP contribution >= 0.6 is 0 Å². The molecule has 2 aromatic rings. The fourth-order valence-electron chi connectivity index (χ4n) is 4.38. The smallest absolute Gasteiger partial charge is 0.126 e. The van der Waals surface area contributed by atoms with Crippen LogP contribution in [0.3, 0.4) is 0 Å². The molecule has 32 heavy (non-hydrogen) atoms. The molecule has 0 aliphatic carbocycles. The summed E-state index contributed by atoms with van der Waals surface area (Å²) in [6, 6.07) is 6.81. The molecule has 2 N–H and O–H groups in total. The van der Waals surface area contributed by atoms with E-state index in [-0.39, 0.29) is 6.61 Å². The van der Waals surface area contributed by atoms with Crippen LogP contribution < -0.4 is 9.47 Å². The van der Waals surface area contributed by atoms with E-state index in [0.717, 1.165) is 30.7 Å². The maximum atomic E-state index is 10.6. The van der Waals surface area contributed by atoms with Gasteiger partial charge < -0.3 is 19.7 Å². The van der Waals surface area contributed by atoms with Gasteiger partial charge in [0.2, 0.25) is 0 Å². The van der Waals surface area contributed by atoms with Crippen molar-refractivity contribution in [2.24, 2.45) is 0 Å². The molecule has 2 heterocycles. The van der Waals surface area contributed by atoms with E-state index in [1.807, 2.05) is 24.3 Å². The third-order valence-corrected chi connectivity index (χ3v) is 6.36. The van der Waals surface area contributed by atoms with E-state index in [4.69, 9.17) is 9.47 Å². The van der Waals surface area contributed by atoms with E-state index < -0.39 is 18.2 Å². The van der Waals surface area contributed by atoms with Crippen LogP contribution in [0.2, 0.25) is 0 Å². The van der Waals surface area contributed by atoms with Gasteiger partial charge in [-0.25, -0.2) is 4.68 Å². The van der Waals surface area contributed by atoms with E-state index >= 15 is 0 Å². The summed E-state index contributed by atoms with van der Waals surface area (Å²) in [6.45, 7) is 2.46. The molecule has 178 valence electrons. The van der Waals surface area contributed by atoms with Gasteiger partial charge in [-0.3, -0.25) is 0 Å². The predicted octanol–water partition coefficient (Wildman–Crippen LogP) is 4.78. The zero-order valence-electron chi connectivity index (χ0n) is 19.6. The van der Waals surface area contributed by atoms with Crippen molar-refractivity contribution >= 4 is 0 Å². The first-order valence-corrected chi connectivity index (χ1v) is 12.2. The number of rotatable bonds is 15. The monoisotopic (exact) mass is 445 g/mol. The first kappa shape index (κ1) is 24.5. The van der Waals surface area contributed by atoms with Crippen molar-refractivity contribution in [2.45, 2.75) is 95.8 Å². The van der Waals surface area contributed by atoms with E-state index in [1.54, 1.807) is 11.8 Å². The normalized spacial score (nSPS) is 19.8. The molecule has 0 saturated carbocycles. The summed E-state index contributed by atoms with van der Waals surface area (Å²) < 4.78 is 12.6. The highest BCUT2D eigenvalue weighted by Crippen LogP contribution is 2.36. The van der Waals surface area contributed by atoms with Gasteiger partial charge in [-0.15, -0.1) is 5.10 Å². The average molecular weight is 446 g/mol. The summed E-state index contributed by atoms with van der Waals surface area (Å²) in [7, 11) is 1.62. The molecule has 0 spiro atoms. The van der Waals surface area contributed by atoms with Crippen molar-refractivity contribution in [1.29, 1.82) is 0 Å². The number of hydrogen-bond acceptors (Lipinski definition) is 6. The summed E-state index contributed by atoms with van der Waals surface area (Å²) in [4.78, 5) is 0. The first-order valence-electron chi connectivity index (χ1n) is 12.2. The van der Waals surface area contributed by atoms with Crippen LogP contribution in [0.15, 0.2) is 24.3 Å². The quantitative estimate of drug-likeness (QED) is 0.384. The highest BCUT2D eigenvalue weighted by Gasteiger charge is 2.42. The van der Waals surface area contributed by atoms with Gasteiger partial charge in [-0.05, 0) is 37.1 Å². The minimum Gasteiger partial charge on any atom is -0.497 e. The van der Waals surface area contributed by atoms with E-state index in [1.165, 1.54) is 51.4 Å². The molecule has 3 rings (SSSR count). The minimum atomic E-state index is -0.979. The molecule has 1 aliphatic heterocycles. The zero-order chi connectivity index (χ0) is 22.8. The zero-order valence-corrected chi connectivity index (χ0v) is 19.6. The minimum absolute atomic E-state index is 0.207. The molecule has 7 nitrogen and oxygen atoms in total. The van der Waals surface area contributed by atoms with Crippen molar-refractivity contribution < 1.29 is 19.7 Å². The van der Waals surface area contributed by atoms with E-state index in [2.05, 4.69) is 17.2 Å². The van der Waals surface area contributed by atoms with Gasteiger partial charge in [0.1, 0.15) is 36.4 Å². The fraction of sp³-hybridized carbons (Fsp3) is 0.680. The second-order valence-corrected chi connectivity index (χ2v) is 8.79. The molecule has 0 radical (unpaired) electrons. The molecular formula is C25H39N3O4. The predicted molar refractivity (Wildman–Crippen MR) is 124 cm³/mol. The van der Waals surface area contributed by atoms with Crippen molar-refractivity contribution in [3.8, 4) is 11.5 Å². The third-order valence-electron chi connectivity index (χ3n) is 6.36. The summed E-state index contributed by atoms with van der Waals surface area (Å²) in [6.07, 6.45) is 11.6. The van der Waals surface area contributed by atoms with Gasteiger partial charge in [0.15, 0.2) is 0 Å². The van der Waals surface area contributed by atoms with Crippen molar-refractivity contribution in [2.75, 3.05) is 13.7 Å². The number of aryl methyl sites for hydroxylation is 1. The molecule has 1 aromatic carbocycles. The van der Waals surface area contributed by atoms with Crippen LogP contribution in [0.1, 0.15) is 94.7 Å². The lowest BCUT2D eigenvalue weighted by Crippen LogP contribution is -2.27. The number of aliphatic hydroxyl groups excluding tert-OH is 2. The SMILES string of the molecule is CCCCCCCCCCCCc1nnn2c1[C@@H](O)[C@@H](O)[C@@H]2COc1ccc(OC)cc1. The number of nitrogens with zero attached hydrogens (tertiary/aromatic N) is 3. The Morgan fingerprint density at radius 2 is 1.47 bits per heavy atom. The summed E-state index contributed by atoms with van der Waals surface area (Å²) in [5, 5.41) is 29.7. The molecule has 1 aliphatic rings. The molecule has 0 bridgehead atoms. The molecule has 0 amide bonds. The average Bonchev–Trinajstić information content (AvgIpc) is 3.33. The first-order chi connectivity index (χ1) is 15.7. The van der Waals surface area contributed by atoms with E-state index in [0.29, 0.717) is 11.4 Å².